The summed E-state index contributed by atoms with van der Waals surface area (Å²) in [5.41, 5.74) is 1.61. The molecule has 7 rings (SSSR count). The van der Waals surface area contributed by atoms with E-state index < -0.39 is 11.0 Å². The highest BCUT2D eigenvalue weighted by Gasteiger charge is 2.42. The van der Waals surface area contributed by atoms with Crippen LogP contribution in [-0.4, -0.2) is 87.5 Å². The number of nitrogens with one attached hydrogen (secondary N) is 1. The van der Waals surface area contributed by atoms with E-state index in [1.807, 2.05) is 42.5 Å². The maximum absolute atomic E-state index is 11.8. The van der Waals surface area contributed by atoms with Gasteiger partial charge in [-0.2, -0.15) is 9.97 Å². The minimum Gasteiger partial charge on any atom is -0.466 e. The van der Waals surface area contributed by atoms with E-state index in [1.165, 1.54) is 23.6 Å². The molecule has 2 aliphatic heterocycles. The summed E-state index contributed by atoms with van der Waals surface area (Å²) in [5.74, 6) is 1.25. The van der Waals surface area contributed by atoms with E-state index in [1.54, 1.807) is 13.8 Å². The first-order valence-corrected chi connectivity index (χ1v) is 20.9. The van der Waals surface area contributed by atoms with Crippen molar-refractivity contribution < 1.29 is 37.6 Å². The Labute approximate surface area is 387 Å². The molecule has 14 nitrogen and oxygen atoms in total. The molecular weight excluding hydrogens is 871 g/mol. The van der Waals surface area contributed by atoms with E-state index in [4.69, 9.17) is 41.7 Å². The molecule has 5 aromatic rings. The van der Waals surface area contributed by atoms with Crippen LogP contribution in [0.4, 0.5) is 4.79 Å². The smallest absolute Gasteiger partial charge is 0.405 e. The Kier molecular flexibility index (Phi) is 23.6. The summed E-state index contributed by atoms with van der Waals surface area (Å²) in [5, 5.41) is 11.9. The SMILES string of the molecule is C.C.CC(Cl)OC(=O)Cl.CCOC(=O)Cc1nc(C2(c3ccccc3)CCN(Cc3ccccc3)CC2)no1.CCOC(=O)Cc1nc(C2(c3ccccc3)CCNCC2)no1.Cl. The molecule has 1 N–H and O–H groups in total. The number of carbonyl (C=O) groups is 3. The van der Waals surface area contributed by atoms with Crippen LogP contribution in [0, 0.1) is 0 Å². The molecule has 1 unspecified atom stereocenters. The topological polar surface area (TPSA) is 172 Å². The number of likely N-dealkylation sites (tertiary alicyclic amines) is 1. The predicted octanol–water partition coefficient (Wildman–Crippen LogP) is 9.24. The fraction of sp³-hybridized carbons (Fsp3) is 0.457. The highest BCUT2D eigenvalue weighted by atomic mass is 35.5. The molecule has 2 aliphatic rings. The van der Waals surface area contributed by atoms with Gasteiger partial charge >= 0.3 is 17.4 Å². The van der Waals surface area contributed by atoms with Crippen LogP contribution >= 0.6 is 35.6 Å². The van der Waals surface area contributed by atoms with E-state index in [0.29, 0.717) is 36.6 Å². The minimum absolute atomic E-state index is 0. The number of halogens is 3. The largest absolute Gasteiger partial charge is 0.466 e. The fourth-order valence-corrected chi connectivity index (χ4v) is 7.69. The first kappa shape index (κ1) is 54.3. The number of piperidine rings is 2. The first-order valence-electron chi connectivity index (χ1n) is 20.1. The molecule has 0 spiro atoms. The Morgan fingerprint density at radius 3 is 1.51 bits per heavy atom. The van der Waals surface area contributed by atoms with E-state index >= 15 is 0 Å². The van der Waals surface area contributed by atoms with Gasteiger partial charge < -0.3 is 28.6 Å². The van der Waals surface area contributed by atoms with E-state index in [0.717, 1.165) is 58.4 Å². The summed E-state index contributed by atoms with van der Waals surface area (Å²) in [4.78, 5) is 44.7. The zero-order chi connectivity index (χ0) is 42.8. The van der Waals surface area contributed by atoms with Crippen LogP contribution in [-0.2, 0) is 54.0 Å². The lowest BCUT2D eigenvalue weighted by Crippen LogP contribution is -2.43. The number of benzene rings is 3. The van der Waals surface area contributed by atoms with Crippen molar-refractivity contribution in [1.29, 1.82) is 0 Å². The van der Waals surface area contributed by atoms with Crippen molar-refractivity contribution >= 4 is 53.0 Å². The standard InChI is InChI=1S/C24H27N3O3.C17H21N3O3.C3H4Cl2O2.2CH4.ClH/c1-2-29-22(28)17-21-25-23(26-30-21)24(20-11-7-4-8-12-20)13-15-27(16-14-24)18-19-9-5-3-6-10-19;1-2-22-15(21)12-14-19-16(20-23-14)17(8-10-18-11-9-17)13-6-4-3-5-7-13;1-2(4)7-3(5)6;;;/h3-12H,2,13-18H2,1H3;3-7,18H,2,8-12H2,1H3;2H,1H3;2*1H4;1H. The van der Waals surface area contributed by atoms with Crippen LogP contribution in [0.25, 0.3) is 0 Å². The van der Waals surface area contributed by atoms with Gasteiger partial charge in [-0.25, -0.2) is 4.79 Å². The maximum Gasteiger partial charge on any atom is 0.405 e. The summed E-state index contributed by atoms with van der Waals surface area (Å²) >= 11 is 9.87. The number of ether oxygens (including phenoxy) is 3. The second kappa shape index (κ2) is 27.4. The van der Waals surface area contributed by atoms with Crippen molar-refractivity contribution in [1.82, 2.24) is 30.5 Å². The molecule has 344 valence electrons. The molecule has 3 aromatic carbocycles. The molecule has 0 aliphatic carbocycles. The van der Waals surface area contributed by atoms with Gasteiger partial charge in [-0.1, -0.05) is 128 Å². The van der Waals surface area contributed by atoms with Gasteiger partial charge in [-0.15, -0.1) is 12.4 Å². The second-order valence-electron chi connectivity index (χ2n) is 14.3. The average molecular weight is 932 g/mol. The minimum atomic E-state index is -0.873. The van der Waals surface area contributed by atoms with Crippen LogP contribution < -0.4 is 5.32 Å². The van der Waals surface area contributed by atoms with Gasteiger partial charge in [0, 0.05) is 18.1 Å². The Bertz CT molecular complexity index is 2060. The number of rotatable bonds is 13. The highest BCUT2D eigenvalue weighted by molar-refractivity contribution is 6.61. The van der Waals surface area contributed by atoms with Gasteiger partial charge in [0.05, 0.1) is 24.0 Å². The Morgan fingerprint density at radius 1 is 0.714 bits per heavy atom. The fourth-order valence-electron chi connectivity index (χ4n) is 7.43. The van der Waals surface area contributed by atoms with Crippen molar-refractivity contribution in [3.63, 3.8) is 0 Å². The number of esters is 2. The Hall–Kier alpha value is -4.86. The van der Waals surface area contributed by atoms with Crippen LogP contribution in [0.15, 0.2) is 100 Å². The van der Waals surface area contributed by atoms with Crippen LogP contribution in [0.5, 0.6) is 0 Å². The van der Waals surface area contributed by atoms with Gasteiger partial charge in [-0.3, -0.25) is 14.5 Å². The third-order valence-corrected chi connectivity index (χ3v) is 10.5. The molecule has 0 amide bonds. The average Bonchev–Trinajstić information content (AvgIpc) is 3.93. The molecule has 17 heteroatoms. The molecular formula is C46H61Cl3N6O8. The molecule has 1 atom stereocenters. The maximum atomic E-state index is 11.8. The summed E-state index contributed by atoms with van der Waals surface area (Å²) in [7, 11) is 0. The predicted molar refractivity (Wildman–Crippen MR) is 245 cm³/mol. The second-order valence-corrected chi connectivity index (χ2v) is 15.2. The lowest BCUT2D eigenvalue weighted by Gasteiger charge is -2.40. The van der Waals surface area contributed by atoms with Gasteiger partial charge in [0.1, 0.15) is 12.8 Å². The zero-order valence-corrected chi connectivity index (χ0v) is 36.9. The molecule has 63 heavy (non-hydrogen) atoms. The Morgan fingerprint density at radius 2 is 1.13 bits per heavy atom. The van der Waals surface area contributed by atoms with Gasteiger partial charge in [-0.05, 0) is 89.3 Å². The zero-order valence-electron chi connectivity index (χ0n) is 34.6. The molecule has 2 aromatic heterocycles. The number of hydrogen-bond donors (Lipinski definition) is 1. The van der Waals surface area contributed by atoms with Crippen molar-refractivity contribution in [3.05, 3.63) is 131 Å². The van der Waals surface area contributed by atoms with Crippen LogP contribution in [0.2, 0.25) is 0 Å². The monoisotopic (exact) mass is 930 g/mol. The summed E-state index contributed by atoms with van der Waals surface area (Å²) < 4.78 is 24.8. The lowest BCUT2D eigenvalue weighted by molar-refractivity contribution is -0.143. The van der Waals surface area contributed by atoms with Gasteiger partial charge in [0.15, 0.2) is 17.2 Å². The van der Waals surface area contributed by atoms with E-state index in [-0.39, 0.29) is 62.9 Å². The Balaban J connectivity index is 0.000000370. The van der Waals surface area contributed by atoms with Crippen LogP contribution in [0.3, 0.4) is 0 Å². The summed E-state index contributed by atoms with van der Waals surface area (Å²) in [6.45, 7) is 10.4. The van der Waals surface area contributed by atoms with Gasteiger partial charge in [0.2, 0.25) is 11.8 Å². The molecule has 0 radical (unpaired) electrons. The number of alkyl halides is 1. The molecule has 2 fully saturated rings. The van der Waals surface area contributed by atoms with Crippen molar-refractivity contribution in [2.24, 2.45) is 0 Å². The number of hydrogen-bond acceptors (Lipinski definition) is 14. The third-order valence-electron chi connectivity index (χ3n) is 10.3. The molecule has 0 saturated carbocycles. The normalized spacial score (nSPS) is 15.4. The quantitative estimate of drug-likeness (QED) is 0.0513. The number of carbonyl (C=O) groups excluding carboxylic acids is 3. The third kappa shape index (κ3) is 15.7. The van der Waals surface area contributed by atoms with Crippen molar-refractivity contribution in [2.75, 3.05) is 39.4 Å². The van der Waals surface area contributed by atoms with E-state index in [9.17, 15) is 14.4 Å². The summed E-state index contributed by atoms with van der Waals surface area (Å²) in [6.07, 6.45) is 3.60. The highest BCUT2D eigenvalue weighted by Crippen LogP contribution is 2.41. The number of aromatic nitrogens is 4. The first-order chi connectivity index (χ1) is 29.1. The summed E-state index contributed by atoms with van der Waals surface area (Å²) in [6, 6.07) is 31.2. The van der Waals surface area contributed by atoms with Gasteiger partial charge in [0.25, 0.3) is 0 Å². The molecule has 2 saturated heterocycles. The lowest BCUT2D eigenvalue weighted by atomic mass is 9.72. The number of nitrogens with zero attached hydrogens (tertiary/aromatic N) is 5. The van der Waals surface area contributed by atoms with E-state index in [2.05, 4.69) is 83.8 Å². The van der Waals surface area contributed by atoms with Crippen molar-refractivity contribution in [2.45, 2.75) is 97.1 Å². The molecule has 4 heterocycles. The van der Waals surface area contributed by atoms with Crippen LogP contribution in [0.1, 0.15) is 101 Å². The van der Waals surface area contributed by atoms with Crippen molar-refractivity contribution in [3.8, 4) is 0 Å². The molecule has 0 bridgehead atoms.